The van der Waals surface area contributed by atoms with Crippen LogP contribution in [0, 0.1) is 5.92 Å². The number of piperidine rings is 1. The second kappa shape index (κ2) is 11.1. The Kier molecular flexibility index (Phi) is 7.49. The van der Waals surface area contributed by atoms with Gasteiger partial charge in [0.05, 0.1) is 5.92 Å². The summed E-state index contributed by atoms with van der Waals surface area (Å²) in [5, 5.41) is 8.71. The lowest BCUT2D eigenvalue weighted by atomic mass is 9.97. The van der Waals surface area contributed by atoms with Crippen LogP contribution in [0.5, 0.6) is 0 Å². The van der Waals surface area contributed by atoms with Gasteiger partial charge in [-0.15, -0.1) is 0 Å². The van der Waals surface area contributed by atoms with E-state index in [1.807, 2.05) is 48.5 Å². The minimum atomic E-state index is -0.259. The number of likely N-dealkylation sites (tertiary alicyclic amines) is 1. The monoisotopic (exact) mass is 457 g/mol. The summed E-state index contributed by atoms with van der Waals surface area (Å²) in [4.78, 5) is 43.3. The van der Waals surface area contributed by atoms with E-state index in [9.17, 15) is 14.4 Å². The number of aromatic nitrogens is 1. The lowest BCUT2D eigenvalue weighted by Gasteiger charge is -2.32. The van der Waals surface area contributed by atoms with Gasteiger partial charge in [0, 0.05) is 49.0 Å². The van der Waals surface area contributed by atoms with E-state index in [2.05, 4.69) is 20.9 Å². The molecule has 0 aliphatic carbocycles. The van der Waals surface area contributed by atoms with Crippen molar-refractivity contribution in [3.05, 3.63) is 90.3 Å². The Morgan fingerprint density at radius 1 is 0.912 bits per heavy atom. The number of para-hydroxylation sites is 1. The van der Waals surface area contributed by atoms with Crippen molar-refractivity contribution < 1.29 is 14.4 Å². The quantitative estimate of drug-likeness (QED) is 0.522. The number of nitrogens with zero attached hydrogens (tertiary/aromatic N) is 2. The minimum absolute atomic E-state index is 0.0802. The van der Waals surface area contributed by atoms with Crippen molar-refractivity contribution in [2.24, 2.45) is 5.92 Å². The lowest BCUT2D eigenvalue weighted by Crippen LogP contribution is -2.46. The fourth-order valence-corrected chi connectivity index (χ4v) is 3.90. The number of carbonyl (C=O) groups excluding carboxylic acids is 3. The summed E-state index contributed by atoms with van der Waals surface area (Å²) in [6.45, 7) is 1.35. The van der Waals surface area contributed by atoms with Gasteiger partial charge in [-0.1, -0.05) is 30.3 Å². The molecule has 0 radical (unpaired) electrons. The van der Waals surface area contributed by atoms with Crippen LogP contribution in [0.15, 0.2) is 79.1 Å². The molecule has 1 unspecified atom stereocenters. The third-order valence-electron chi connectivity index (χ3n) is 5.70. The number of hydrogen-bond acceptors (Lipinski definition) is 4. The van der Waals surface area contributed by atoms with Crippen molar-refractivity contribution in [2.45, 2.75) is 19.4 Å². The second-order valence-corrected chi connectivity index (χ2v) is 8.19. The van der Waals surface area contributed by atoms with Crippen molar-refractivity contribution in [2.75, 3.05) is 23.7 Å². The van der Waals surface area contributed by atoms with Crippen molar-refractivity contribution in [3.63, 3.8) is 0 Å². The van der Waals surface area contributed by atoms with E-state index in [1.54, 1.807) is 35.5 Å². The van der Waals surface area contributed by atoms with Crippen LogP contribution >= 0.6 is 0 Å². The van der Waals surface area contributed by atoms with Gasteiger partial charge in [0.25, 0.3) is 5.91 Å². The van der Waals surface area contributed by atoms with Gasteiger partial charge in [-0.2, -0.15) is 0 Å². The van der Waals surface area contributed by atoms with Crippen molar-refractivity contribution in [1.29, 1.82) is 0 Å². The highest BCUT2D eigenvalue weighted by Gasteiger charge is 2.28. The van der Waals surface area contributed by atoms with E-state index in [4.69, 9.17) is 0 Å². The summed E-state index contributed by atoms with van der Waals surface area (Å²) < 4.78 is 0. The largest absolute Gasteiger partial charge is 0.352 e. The third-order valence-corrected chi connectivity index (χ3v) is 5.70. The van der Waals surface area contributed by atoms with E-state index in [0.717, 1.165) is 24.1 Å². The molecule has 1 aliphatic heterocycles. The Bertz CT molecular complexity index is 1140. The molecule has 3 N–H and O–H groups in total. The van der Waals surface area contributed by atoms with Gasteiger partial charge in [-0.25, -0.2) is 4.79 Å². The van der Waals surface area contributed by atoms with E-state index >= 15 is 0 Å². The van der Waals surface area contributed by atoms with Crippen LogP contribution in [0.2, 0.25) is 0 Å². The molecule has 4 amide bonds. The van der Waals surface area contributed by atoms with Gasteiger partial charge < -0.3 is 20.9 Å². The fraction of sp³-hybridized carbons (Fsp3) is 0.231. The average Bonchev–Trinajstić information content (AvgIpc) is 2.88. The molecule has 0 saturated carbocycles. The van der Waals surface area contributed by atoms with Gasteiger partial charge in [0.2, 0.25) is 5.91 Å². The predicted octanol–water partition coefficient (Wildman–Crippen LogP) is 3.89. The normalized spacial score (nSPS) is 15.3. The molecule has 1 fully saturated rings. The molecule has 1 aliphatic rings. The average molecular weight is 458 g/mol. The van der Waals surface area contributed by atoms with Crippen LogP contribution in [0.25, 0.3) is 0 Å². The van der Waals surface area contributed by atoms with E-state index < -0.39 is 0 Å². The zero-order valence-corrected chi connectivity index (χ0v) is 18.7. The molecule has 34 heavy (non-hydrogen) atoms. The maximum Gasteiger partial charge on any atom is 0.321 e. The highest BCUT2D eigenvalue weighted by Crippen LogP contribution is 2.19. The number of urea groups is 1. The molecule has 2 aromatic carbocycles. The Morgan fingerprint density at radius 2 is 1.68 bits per heavy atom. The first-order valence-corrected chi connectivity index (χ1v) is 11.3. The first-order chi connectivity index (χ1) is 16.6. The number of carbonyl (C=O) groups is 3. The molecular weight excluding hydrogens is 430 g/mol. The number of amides is 4. The Balaban J connectivity index is 1.29. The Labute approximate surface area is 198 Å². The number of rotatable bonds is 6. The second-order valence-electron chi connectivity index (χ2n) is 8.19. The molecular formula is C26H27N5O3. The Morgan fingerprint density at radius 3 is 2.47 bits per heavy atom. The van der Waals surface area contributed by atoms with Gasteiger partial charge in [-0.05, 0) is 54.8 Å². The van der Waals surface area contributed by atoms with Crippen LogP contribution in [0.1, 0.15) is 28.8 Å². The zero-order valence-electron chi connectivity index (χ0n) is 18.7. The topological polar surface area (TPSA) is 103 Å². The maximum absolute atomic E-state index is 12.8. The predicted molar refractivity (Wildman–Crippen MR) is 130 cm³/mol. The van der Waals surface area contributed by atoms with Gasteiger partial charge in [0.15, 0.2) is 0 Å². The summed E-state index contributed by atoms with van der Waals surface area (Å²) in [6, 6.07) is 19.7. The SMILES string of the molecule is O=C(Nc1cccc(CNC(=O)C2CCCN(C(=O)Nc3ccccc3)C2)c1)c1ccncc1. The van der Waals surface area contributed by atoms with E-state index in [0.29, 0.717) is 30.9 Å². The highest BCUT2D eigenvalue weighted by molar-refractivity contribution is 6.04. The van der Waals surface area contributed by atoms with Crippen LogP contribution in [-0.4, -0.2) is 40.8 Å². The number of anilines is 2. The number of hydrogen-bond donors (Lipinski definition) is 3. The van der Waals surface area contributed by atoms with Gasteiger partial charge in [-0.3, -0.25) is 14.6 Å². The molecule has 1 atom stereocenters. The maximum atomic E-state index is 12.8. The van der Waals surface area contributed by atoms with Crippen molar-refractivity contribution in [1.82, 2.24) is 15.2 Å². The van der Waals surface area contributed by atoms with Crippen LogP contribution in [-0.2, 0) is 11.3 Å². The molecule has 1 aromatic heterocycles. The number of benzene rings is 2. The number of pyridine rings is 1. The first kappa shape index (κ1) is 23.0. The van der Waals surface area contributed by atoms with Gasteiger partial charge in [0.1, 0.15) is 0 Å². The summed E-state index contributed by atoms with van der Waals surface area (Å²) in [7, 11) is 0. The first-order valence-electron chi connectivity index (χ1n) is 11.3. The summed E-state index contributed by atoms with van der Waals surface area (Å²) in [5.74, 6) is -0.562. The molecule has 3 aromatic rings. The van der Waals surface area contributed by atoms with Crippen molar-refractivity contribution in [3.8, 4) is 0 Å². The summed E-state index contributed by atoms with van der Waals surface area (Å²) in [5.41, 5.74) is 2.77. The van der Waals surface area contributed by atoms with Crippen LogP contribution in [0.4, 0.5) is 16.2 Å². The van der Waals surface area contributed by atoms with E-state index in [1.165, 1.54) is 0 Å². The molecule has 1 saturated heterocycles. The van der Waals surface area contributed by atoms with Gasteiger partial charge >= 0.3 is 6.03 Å². The van der Waals surface area contributed by atoms with Crippen molar-refractivity contribution >= 4 is 29.2 Å². The molecule has 8 heteroatoms. The Hall–Kier alpha value is -4.20. The fourth-order valence-electron chi connectivity index (χ4n) is 3.90. The molecule has 0 bridgehead atoms. The third kappa shape index (κ3) is 6.19. The number of nitrogens with one attached hydrogen (secondary N) is 3. The molecule has 4 rings (SSSR count). The summed E-state index contributed by atoms with van der Waals surface area (Å²) >= 11 is 0. The molecule has 0 spiro atoms. The van der Waals surface area contributed by atoms with Crippen LogP contribution in [0.3, 0.4) is 0 Å². The smallest absolute Gasteiger partial charge is 0.321 e. The zero-order chi connectivity index (χ0) is 23.8. The minimum Gasteiger partial charge on any atom is -0.352 e. The van der Waals surface area contributed by atoms with Crippen LogP contribution < -0.4 is 16.0 Å². The van der Waals surface area contributed by atoms with E-state index in [-0.39, 0.29) is 23.8 Å². The standard InChI is InChI=1S/C26H27N5O3/c32-24(21-7-5-15-31(18-21)26(34)30-22-8-2-1-3-9-22)28-17-19-6-4-10-23(16-19)29-25(33)20-11-13-27-14-12-20/h1-4,6,8-14,16,21H,5,7,15,17-18H2,(H,28,32)(H,29,33)(H,30,34). The molecule has 8 nitrogen and oxygen atoms in total. The highest BCUT2D eigenvalue weighted by atomic mass is 16.2. The molecule has 2 heterocycles. The summed E-state index contributed by atoms with van der Waals surface area (Å²) in [6.07, 6.45) is 4.65. The molecule has 174 valence electrons. The lowest BCUT2D eigenvalue weighted by molar-refractivity contribution is -0.126.